The van der Waals surface area contributed by atoms with Gasteiger partial charge in [-0.25, -0.2) is 0 Å². The minimum absolute atomic E-state index is 0.110. The summed E-state index contributed by atoms with van der Waals surface area (Å²) >= 11 is 26.9. The van der Waals surface area contributed by atoms with Crippen LogP contribution in [-0.2, 0) is 24.1 Å². The van der Waals surface area contributed by atoms with Crippen molar-refractivity contribution in [2.24, 2.45) is 11.8 Å². The highest BCUT2D eigenvalue weighted by Gasteiger charge is 2.72. The minimum Gasteiger partial charge on any atom is -0.325 e. The molecule has 3 aromatic carbocycles. The van der Waals surface area contributed by atoms with E-state index in [0.717, 1.165) is 27.2 Å². The molecule has 3 aliphatic carbocycles. The third kappa shape index (κ3) is 3.00. The third-order valence-corrected chi connectivity index (χ3v) is 9.57. The second-order valence-corrected chi connectivity index (χ2v) is 11.2. The van der Waals surface area contributed by atoms with Crippen LogP contribution in [0.5, 0.6) is 0 Å². The Bertz CT molecular complexity index is 1350. The van der Waals surface area contributed by atoms with Gasteiger partial charge in [-0.05, 0) is 34.4 Å². The number of carbonyl (C=O) groups is 3. The maximum absolute atomic E-state index is 13.8. The van der Waals surface area contributed by atoms with Crippen molar-refractivity contribution in [1.82, 2.24) is 4.90 Å². The molecule has 0 unspecified atom stereocenters. The number of alkyl halides is 2. The topological polar surface area (TPSA) is 66.5 Å². The molecule has 0 radical (unpaired) electrons. The number of likely N-dealkylation sites (tertiary alicyclic amines) is 1. The lowest BCUT2D eigenvalue weighted by Crippen LogP contribution is -2.57. The van der Waals surface area contributed by atoms with Gasteiger partial charge in [-0.3, -0.25) is 19.3 Å². The molecule has 9 heteroatoms. The molecule has 1 heterocycles. The predicted molar refractivity (Wildman–Crippen MR) is 140 cm³/mol. The summed E-state index contributed by atoms with van der Waals surface area (Å²) in [6.07, 6.45) is -0.121. The van der Waals surface area contributed by atoms with E-state index in [0.29, 0.717) is 10.7 Å². The van der Waals surface area contributed by atoms with Gasteiger partial charge in [0.1, 0.15) is 9.75 Å². The van der Waals surface area contributed by atoms with Gasteiger partial charge in [0.05, 0.1) is 27.6 Å². The van der Waals surface area contributed by atoms with Crippen LogP contribution in [0.1, 0.15) is 28.7 Å². The van der Waals surface area contributed by atoms with Crippen molar-refractivity contribution in [3.05, 3.63) is 99.0 Å². The van der Waals surface area contributed by atoms with Gasteiger partial charge in [0.25, 0.3) is 0 Å². The molecule has 2 bridgehead atoms. The zero-order valence-electron chi connectivity index (χ0n) is 18.6. The molecule has 0 saturated carbocycles. The Labute approximate surface area is 227 Å². The number of hydrogen-bond acceptors (Lipinski definition) is 3. The molecule has 4 aliphatic rings. The van der Waals surface area contributed by atoms with E-state index < -0.39 is 39.3 Å². The first-order chi connectivity index (χ1) is 17.2. The van der Waals surface area contributed by atoms with Crippen molar-refractivity contribution < 1.29 is 14.4 Å². The van der Waals surface area contributed by atoms with E-state index in [2.05, 4.69) is 5.32 Å². The monoisotopic (exact) mass is 558 g/mol. The van der Waals surface area contributed by atoms with Crippen molar-refractivity contribution in [2.75, 3.05) is 11.9 Å². The largest absolute Gasteiger partial charge is 0.325 e. The number of nitrogens with one attached hydrogen (secondary N) is 1. The van der Waals surface area contributed by atoms with Crippen molar-refractivity contribution in [3.63, 3.8) is 0 Å². The van der Waals surface area contributed by atoms with Crippen LogP contribution in [0.4, 0.5) is 5.69 Å². The van der Waals surface area contributed by atoms with Gasteiger partial charge in [0.15, 0.2) is 0 Å². The highest BCUT2D eigenvalue weighted by atomic mass is 35.5. The molecule has 1 N–H and O–H groups in total. The Morgan fingerprint density at radius 1 is 0.778 bits per heavy atom. The van der Waals surface area contributed by atoms with E-state index in [-0.39, 0.29) is 18.0 Å². The average molecular weight is 560 g/mol. The second-order valence-electron chi connectivity index (χ2n) is 9.20. The van der Waals surface area contributed by atoms with Crippen LogP contribution in [0.25, 0.3) is 0 Å². The third-order valence-electron chi connectivity index (χ3n) is 7.46. The fourth-order valence-corrected chi connectivity index (χ4v) is 7.42. The molecular weight excluding hydrogens is 542 g/mol. The molecule has 0 aromatic heterocycles. The number of nitrogens with zero attached hydrogens (tertiary/aromatic N) is 1. The number of halogens is 4. The smallest absolute Gasteiger partial charge is 0.235 e. The standard InChI is InChI=1S/C27H18Cl4N2O3/c28-18-10-5-11-19(23(18)29)32-20(34)12-13-33-24(35)21-22(25(33)36)27(31)15-7-2-1-6-14(15)26(21,30)16-8-3-4-9-17(16)27/h1-11,21-22H,12-13H2,(H,32,34)/t21-,22+,26?,27?. The fraction of sp³-hybridized carbons (Fsp3) is 0.222. The molecule has 1 saturated heterocycles. The Morgan fingerprint density at radius 3 is 1.72 bits per heavy atom. The van der Waals surface area contributed by atoms with Crippen LogP contribution < -0.4 is 5.32 Å². The first-order valence-corrected chi connectivity index (χ1v) is 12.9. The van der Waals surface area contributed by atoms with Gasteiger partial charge >= 0.3 is 0 Å². The summed E-state index contributed by atoms with van der Waals surface area (Å²) in [6, 6.07) is 19.8. The molecule has 3 aromatic rings. The Balaban J connectivity index is 1.34. The van der Waals surface area contributed by atoms with E-state index in [1.807, 2.05) is 48.5 Å². The lowest BCUT2D eigenvalue weighted by atomic mass is 9.54. The predicted octanol–water partition coefficient (Wildman–Crippen LogP) is 5.92. The van der Waals surface area contributed by atoms with Gasteiger partial charge < -0.3 is 5.32 Å². The molecule has 5 nitrogen and oxygen atoms in total. The summed E-state index contributed by atoms with van der Waals surface area (Å²) in [5, 5.41) is 3.20. The first-order valence-electron chi connectivity index (χ1n) is 11.4. The summed E-state index contributed by atoms with van der Waals surface area (Å²) in [6.45, 7) is -0.110. The average Bonchev–Trinajstić information content (AvgIpc) is 3.14. The maximum atomic E-state index is 13.8. The summed E-state index contributed by atoms with van der Waals surface area (Å²) < 4.78 is 0. The Hall–Kier alpha value is -2.57. The Kier molecular flexibility index (Phi) is 5.44. The van der Waals surface area contributed by atoms with Crippen LogP contribution in [0, 0.1) is 11.8 Å². The quantitative estimate of drug-likeness (QED) is 0.319. The SMILES string of the molecule is O=C(CCN1C(=O)[C@@H]2[C@H](C1=O)C1(Cl)c3ccccc3C2(Cl)c2ccccc21)Nc1cccc(Cl)c1Cl. The molecule has 0 spiro atoms. The van der Waals surface area contributed by atoms with Crippen molar-refractivity contribution in [2.45, 2.75) is 16.2 Å². The van der Waals surface area contributed by atoms with E-state index >= 15 is 0 Å². The number of carbonyl (C=O) groups excluding carboxylic acids is 3. The molecule has 36 heavy (non-hydrogen) atoms. The zero-order valence-corrected chi connectivity index (χ0v) is 21.6. The van der Waals surface area contributed by atoms with Gasteiger partial charge in [-0.15, -0.1) is 23.2 Å². The minimum atomic E-state index is -1.24. The molecular formula is C27H18Cl4N2O3. The highest BCUT2D eigenvalue weighted by molar-refractivity contribution is 6.44. The number of hydrogen-bond donors (Lipinski definition) is 1. The van der Waals surface area contributed by atoms with E-state index in [1.54, 1.807) is 18.2 Å². The maximum Gasteiger partial charge on any atom is 0.235 e. The number of anilines is 1. The highest BCUT2D eigenvalue weighted by Crippen LogP contribution is 2.69. The van der Waals surface area contributed by atoms with E-state index in [9.17, 15) is 14.4 Å². The van der Waals surface area contributed by atoms with Crippen LogP contribution in [0.15, 0.2) is 66.7 Å². The van der Waals surface area contributed by atoms with Crippen molar-refractivity contribution in [1.29, 1.82) is 0 Å². The zero-order chi connectivity index (χ0) is 25.4. The van der Waals surface area contributed by atoms with Crippen LogP contribution in [-0.4, -0.2) is 29.2 Å². The summed E-state index contributed by atoms with van der Waals surface area (Å²) in [7, 11) is 0. The van der Waals surface area contributed by atoms with Crippen LogP contribution in [0.3, 0.4) is 0 Å². The Morgan fingerprint density at radius 2 is 1.25 bits per heavy atom. The van der Waals surface area contributed by atoms with Gasteiger partial charge in [-0.2, -0.15) is 0 Å². The summed E-state index contributed by atoms with van der Waals surface area (Å²) in [5.41, 5.74) is 3.29. The number of benzene rings is 3. The number of rotatable bonds is 4. The molecule has 1 fully saturated rings. The fourth-order valence-electron chi connectivity index (χ4n) is 5.97. The lowest BCUT2D eigenvalue weighted by Gasteiger charge is -2.54. The van der Waals surface area contributed by atoms with Crippen LogP contribution in [0.2, 0.25) is 10.0 Å². The number of amides is 3. The molecule has 7 rings (SSSR count). The van der Waals surface area contributed by atoms with Crippen molar-refractivity contribution in [3.8, 4) is 0 Å². The summed E-state index contributed by atoms with van der Waals surface area (Å²) in [4.78, 5) is 38.8. The summed E-state index contributed by atoms with van der Waals surface area (Å²) in [5.74, 6) is -3.05. The van der Waals surface area contributed by atoms with Gasteiger partial charge in [0, 0.05) is 13.0 Å². The second kappa shape index (κ2) is 8.22. The molecule has 2 atom stereocenters. The van der Waals surface area contributed by atoms with E-state index in [4.69, 9.17) is 46.4 Å². The van der Waals surface area contributed by atoms with Gasteiger partial charge in [-0.1, -0.05) is 77.8 Å². The molecule has 3 amide bonds. The lowest BCUT2D eigenvalue weighted by molar-refractivity contribution is -0.140. The molecule has 1 aliphatic heterocycles. The number of imide groups is 1. The first kappa shape index (κ1) is 23.8. The van der Waals surface area contributed by atoms with Crippen molar-refractivity contribution >= 4 is 69.8 Å². The van der Waals surface area contributed by atoms with E-state index in [1.165, 1.54) is 0 Å². The normalized spacial score (nSPS) is 27.5. The van der Waals surface area contributed by atoms with Crippen LogP contribution >= 0.6 is 46.4 Å². The van der Waals surface area contributed by atoms with Gasteiger partial charge in [0.2, 0.25) is 17.7 Å². The molecule has 182 valence electrons.